The fraction of sp³-hybridized carbons (Fsp3) is 0.545. The quantitative estimate of drug-likeness (QED) is 0.689. The van der Waals surface area contributed by atoms with E-state index in [1.165, 1.54) is 0 Å². The van der Waals surface area contributed by atoms with E-state index in [1.807, 2.05) is 6.08 Å². The van der Waals surface area contributed by atoms with Crippen LogP contribution in [0.25, 0.3) is 0 Å². The molecule has 0 N–H and O–H groups in total. The van der Waals surface area contributed by atoms with Gasteiger partial charge in [-0.1, -0.05) is 19.4 Å². The Bertz CT molecular complexity index is 799. The molecule has 146 valence electrons. The van der Waals surface area contributed by atoms with Crippen molar-refractivity contribution in [2.75, 3.05) is 6.61 Å². The second-order valence-corrected chi connectivity index (χ2v) is 8.88. The zero-order valence-corrected chi connectivity index (χ0v) is 17.0. The first-order valence-corrected chi connectivity index (χ1v) is 9.47. The Labute approximate surface area is 160 Å². The Balaban J connectivity index is 1.99. The number of fused-ring (bicyclic) bond motifs is 2. The molecular formula is C22H28O5. The lowest BCUT2D eigenvalue weighted by molar-refractivity contribution is -0.149. The second kappa shape index (κ2) is 6.70. The van der Waals surface area contributed by atoms with Gasteiger partial charge in [-0.25, -0.2) is 4.79 Å². The van der Waals surface area contributed by atoms with Crippen LogP contribution in [0, 0.1) is 10.8 Å². The van der Waals surface area contributed by atoms with Gasteiger partial charge in [0.05, 0.1) is 5.41 Å². The summed E-state index contributed by atoms with van der Waals surface area (Å²) in [6.45, 7) is 11.8. The Kier molecular flexibility index (Phi) is 4.83. The van der Waals surface area contributed by atoms with Crippen LogP contribution in [0.4, 0.5) is 0 Å². The van der Waals surface area contributed by atoms with Gasteiger partial charge in [0.15, 0.2) is 6.10 Å². The summed E-state index contributed by atoms with van der Waals surface area (Å²) in [7, 11) is 0. The number of ether oxygens (including phenoxy) is 3. The van der Waals surface area contributed by atoms with Crippen LogP contribution < -0.4 is 0 Å². The summed E-state index contributed by atoms with van der Waals surface area (Å²) in [5, 5.41) is 0. The van der Waals surface area contributed by atoms with Crippen molar-refractivity contribution in [1.29, 1.82) is 0 Å². The van der Waals surface area contributed by atoms with Crippen molar-refractivity contribution in [1.82, 2.24) is 0 Å². The predicted molar refractivity (Wildman–Crippen MR) is 101 cm³/mol. The molecule has 0 aromatic carbocycles. The van der Waals surface area contributed by atoms with E-state index in [2.05, 4.69) is 26.8 Å². The van der Waals surface area contributed by atoms with E-state index in [4.69, 9.17) is 14.2 Å². The molecule has 0 aromatic heterocycles. The minimum absolute atomic E-state index is 0.186. The molecule has 3 aliphatic rings. The van der Waals surface area contributed by atoms with Crippen LogP contribution >= 0.6 is 0 Å². The molecule has 2 aliphatic heterocycles. The molecule has 1 atom stereocenters. The van der Waals surface area contributed by atoms with E-state index in [9.17, 15) is 9.59 Å². The molecule has 1 unspecified atom stereocenters. The third kappa shape index (κ3) is 3.73. The fourth-order valence-electron chi connectivity index (χ4n) is 3.54. The molecule has 0 spiro atoms. The van der Waals surface area contributed by atoms with Crippen LogP contribution in [-0.2, 0) is 23.8 Å². The predicted octanol–water partition coefficient (Wildman–Crippen LogP) is 4.36. The number of carbonyl (C=O) groups is 2. The molecular weight excluding hydrogens is 344 g/mol. The van der Waals surface area contributed by atoms with E-state index in [0.29, 0.717) is 5.76 Å². The highest BCUT2D eigenvalue weighted by Gasteiger charge is 2.42. The highest BCUT2D eigenvalue weighted by atomic mass is 16.6. The maximum absolute atomic E-state index is 12.3. The summed E-state index contributed by atoms with van der Waals surface area (Å²) in [5.41, 5.74) is 1.82. The van der Waals surface area contributed by atoms with Crippen LogP contribution in [-0.4, -0.2) is 24.6 Å². The molecule has 1 aliphatic carbocycles. The largest absolute Gasteiger partial charge is 0.489 e. The SMILES string of the molecule is CCCC1=CC(=O)OC2C1=CC(C)(C)C1=C2C=C(OC(=O)C(C)(C)C)CO1. The molecule has 0 bridgehead atoms. The van der Waals surface area contributed by atoms with Gasteiger partial charge in [-0.2, -0.15) is 0 Å². The third-order valence-corrected chi connectivity index (χ3v) is 4.86. The Hall–Kier alpha value is -2.30. The first kappa shape index (κ1) is 19.5. The summed E-state index contributed by atoms with van der Waals surface area (Å²) in [5.74, 6) is 0.532. The first-order valence-electron chi connectivity index (χ1n) is 9.47. The van der Waals surface area contributed by atoms with E-state index in [1.54, 1.807) is 26.8 Å². The van der Waals surface area contributed by atoms with Crippen molar-refractivity contribution in [2.45, 2.75) is 60.5 Å². The van der Waals surface area contributed by atoms with Gasteiger partial charge in [0.25, 0.3) is 0 Å². The molecule has 5 heteroatoms. The molecule has 3 rings (SSSR count). The van der Waals surface area contributed by atoms with Gasteiger partial charge in [-0.3, -0.25) is 4.79 Å². The molecule has 0 saturated carbocycles. The Morgan fingerprint density at radius 3 is 2.63 bits per heavy atom. The van der Waals surface area contributed by atoms with Gasteiger partial charge < -0.3 is 14.2 Å². The monoisotopic (exact) mass is 372 g/mol. The molecule has 0 radical (unpaired) electrons. The van der Waals surface area contributed by atoms with E-state index < -0.39 is 11.5 Å². The van der Waals surface area contributed by atoms with Crippen LogP contribution in [0.3, 0.4) is 0 Å². The number of hydrogen-bond acceptors (Lipinski definition) is 5. The summed E-state index contributed by atoms with van der Waals surface area (Å²) >= 11 is 0. The lowest BCUT2D eigenvalue weighted by Crippen LogP contribution is -2.37. The standard InChI is InChI=1S/C22H28O5/c1-7-8-13-9-17(23)27-18-15-10-14(26-20(24)21(2,3)4)12-25-19(15)22(5,6)11-16(13)18/h9-11,18H,7-8,12H2,1-6H3. The summed E-state index contributed by atoms with van der Waals surface area (Å²) in [4.78, 5) is 24.4. The van der Waals surface area contributed by atoms with Gasteiger partial charge in [-0.15, -0.1) is 0 Å². The van der Waals surface area contributed by atoms with Crippen LogP contribution in [0.2, 0.25) is 0 Å². The van der Waals surface area contributed by atoms with Gasteiger partial charge >= 0.3 is 11.9 Å². The third-order valence-electron chi connectivity index (χ3n) is 4.86. The molecule has 0 saturated heterocycles. The average Bonchev–Trinajstić information content (AvgIpc) is 2.55. The maximum atomic E-state index is 12.3. The Morgan fingerprint density at radius 1 is 1.30 bits per heavy atom. The van der Waals surface area contributed by atoms with Gasteiger partial charge in [-0.05, 0) is 58.3 Å². The lowest BCUT2D eigenvalue weighted by atomic mass is 9.74. The van der Waals surface area contributed by atoms with Crippen molar-refractivity contribution in [3.63, 3.8) is 0 Å². The minimum Gasteiger partial charge on any atom is -0.489 e. The van der Waals surface area contributed by atoms with E-state index in [0.717, 1.165) is 35.3 Å². The highest BCUT2D eigenvalue weighted by molar-refractivity contribution is 5.87. The number of allylic oxidation sites excluding steroid dienone is 1. The zero-order chi connectivity index (χ0) is 20.0. The summed E-state index contributed by atoms with van der Waals surface area (Å²) < 4.78 is 17.2. The second-order valence-electron chi connectivity index (χ2n) is 8.88. The van der Waals surface area contributed by atoms with E-state index >= 15 is 0 Å². The van der Waals surface area contributed by atoms with Gasteiger partial charge in [0.1, 0.15) is 18.1 Å². The number of hydrogen-bond donors (Lipinski definition) is 0. The lowest BCUT2D eigenvalue weighted by Gasteiger charge is -2.40. The molecule has 0 fully saturated rings. The van der Waals surface area contributed by atoms with Crippen molar-refractivity contribution in [3.8, 4) is 0 Å². The molecule has 2 heterocycles. The summed E-state index contributed by atoms with van der Waals surface area (Å²) in [6, 6.07) is 0. The zero-order valence-electron chi connectivity index (χ0n) is 17.0. The van der Waals surface area contributed by atoms with Gasteiger partial charge in [0, 0.05) is 17.1 Å². The number of esters is 2. The molecule has 0 aromatic rings. The van der Waals surface area contributed by atoms with E-state index in [-0.39, 0.29) is 24.0 Å². The van der Waals surface area contributed by atoms with Crippen molar-refractivity contribution < 1.29 is 23.8 Å². The normalized spacial score (nSPS) is 23.9. The van der Waals surface area contributed by atoms with Crippen molar-refractivity contribution in [2.24, 2.45) is 10.8 Å². The maximum Gasteiger partial charge on any atom is 0.331 e. The van der Waals surface area contributed by atoms with Gasteiger partial charge in [0.2, 0.25) is 0 Å². The highest BCUT2D eigenvalue weighted by Crippen LogP contribution is 2.46. The molecule has 27 heavy (non-hydrogen) atoms. The number of carbonyl (C=O) groups excluding carboxylic acids is 2. The Morgan fingerprint density at radius 2 is 2.00 bits per heavy atom. The van der Waals surface area contributed by atoms with Crippen LogP contribution in [0.1, 0.15) is 54.4 Å². The molecule has 5 nitrogen and oxygen atoms in total. The first-order chi connectivity index (χ1) is 12.5. The topological polar surface area (TPSA) is 61.8 Å². The average molecular weight is 372 g/mol. The van der Waals surface area contributed by atoms with Crippen LogP contribution in [0.5, 0.6) is 0 Å². The number of rotatable bonds is 3. The van der Waals surface area contributed by atoms with Crippen molar-refractivity contribution >= 4 is 11.9 Å². The fourth-order valence-corrected chi connectivity index (χ4v) is 3.54. The van der Waals surface area contributed by atoms with Crippen molar-refractivity contribution in [3.05, 3.63) is 46.5 Å². The van der Waals surface area contributed by atoms with Crippen LogP contribution in [0.15, 0.2) is 46.5 Å². The smallest absolute Gasteiger partial charge is 0.331 e. The minimum atomic E-state index is -0.610. The molecule has 0 amide bonds. The summed E-state index contributed by atoms with van der Waals surface area (Å²) in [6.07, 6.45) is 6.76.